The van der Waals surface area contributed by atoms with Crippen LogP contribution in [0.15, 0.2) is 35.4 Å². The highest BCUT2D eigenvalue weighted by Gasteiger charge is 2.18. The van der Waals surface area contributed by atoms with Gasteiger partial charge in [-0.05, 0) is 24.3 Å². The molecule has 0 spiro atoms. The van der Waals surface area contributed by atoms with Crippen molar-refractivity contribution < 1.29 is 17.6 Å². The highest BCUT2D eigenvalue weighted by Crippen LogP contribution is 2.20. The van der Waals surface area contributed by atoms with Gasteiger partial charge in [0.1, 0.15) is 10.7 Å². The Bertz CT molecular complexity index is 806. The molecule has 8 heteroatoms. The molecule has 102 valence electrons. The minimum atomic E-state index is -4.01. The number of hydrogen-bond donors (Lipinski definition) is 2. The summed E-state index contributed by atoms with van der Waals surface area (Å²) in [6, 6.07) is 6.22. The van der Waals surface area contributed by atoms with Crippen LogP contribution in [0.5, 0.6) is 0 Å². The molecule has 0 saturated heterocycles. The van der Waals surface area contributed by atoms with Crippen LogP contribution in [0, 0.1) is 17.1 Å². The van der Waals surface area contributed by atoms with Gasteiger partial charge in [0, 0.05) is 6.20 Å². The molecule has 0 radical (unpaired) electrons. The molecule has 6 nitrogen and oxygen atoms in total. The number of halogens is 1. The molecule has 2 aromatic rings. The van der Waals surface area contributed by atoms with Crippen LogP contribution >= 0.6 is 0 Å². The molecule has 2 rings (SSSR count). The van der Waals surface area contributed by atoms with Crippen LogP contribution in [0.3, 0.4) is 0 Å². The molecule has 0 unspecified atom stereocenters. The summed E-state index contributed by atoms with van der Waals surface area (Å²) in [7, 11) is -4.01. The number of H-pyrrole nitrogens is 1. The van der Waals surface area contributed by atoms with Crippen LogP contribution in [0.2, 0.25) is 0 Å². The molecule has 0 fully saturated rings. The molecule has 0 amide bonds. The summed E-state index contributed by atoms with van der Waals surface area (Å²) in [6.45, 7) is 0. The summed E-state index contributed by atoms with van der Waals surface area (Å²) in [5.41, 5.74) is -0.112. The van der Waals surface area contributed by atoms with Gasteiger partial charge in [-0.1, -0.05) is 0 Å². The number of nitrogens with zero attached hydrogens (tertiary/aromatic N) is 1. The minimum Gasteiger partial charge on any atom is -0.358 e. The molecular formula is C12H8FN3O3S. The van der Waals surface area contributed by atoms with Crippen LogP contribution in [0.1, 0.15) is 16.1 Å². The number of rotatable bonds is 4. The Morgan fingerprint density at radius 2 is 2.10 bits per heavy atom. The number of hydrogen-bond acceptors (Lipinski definition) is 4. The lowest BCUT2D eigenvalue weighted by atomic mass is 10.2. The smallest absolute Gasteiger partial charge is 0.263 e. The van der Waals surface area contributed by atoms with Gasteiger partial charge < -0.3 is 4.98 Å². The topological polar surface area (TPSA) is 103 Å². The molecule has 1 heterocycles. The van der Waals surface area contributed by atoms with E-state index in [9.17, 15) is 17.6 Å². The molecule has 0 aliphatic heterocycles. The third kappa shape index (κ3) is 2.67. The second-order valence-electron chi connectivity index (χ2n) is 3.82. The summed E-state index contributed by atoms with van der Waals surface area (Å²) >= 11 is 0. The van der Waals surface area contributed by atoms with Crippen molar-refractivity contribution in [2.75, 3.05) is 4.72 Å². The Morgan fingerprint density at radius 3 is 2.65 bits per heavy atom. The first-order chi connectivity index (χ1) is 9.46. The van der Waals surface area contributed by atoms with Gasteiger partial charge >= 0.3 is 0 Å². The van der Waals surface area contributed by atoms with E-state index in [-0.39, 0.29) is 21.8 Å². The Morgan fingerprint density at radius 1 is 1.35 bits per heavy atom. The fourth-order valence-corrected chi connectivity index (χ4v) is 2.55. The highest BCUT2D eigenvalue weighted by molar-refractivity contribution is 7.92. The molecule has 0 aliphatic carbocycles. The average Bonchev–Trinajstić information content (AvgIpc) is 2.90. The fourth-order valence-electron chi connectivity index (χ4n) is 1.49. The molecule has 0 aliphatic rings. The van der Waals surface area contributed by atoms with E-state index in [0.717, 1.165) is 24.4 Å². The second-order valence-corrected chi connectivity index (χ2v) is 5.50. The number of carbonyl (C=O) groups is 1. The van der Waals surface area contributed by atoms with Crippen molar-refractivity contribution in [2.24, 2.45) is 0 Å². The summed E-state index contributed by atoms with van der Waals surface area (Å²) in [5, 5.41) is 8.60. The molecule has 0 atom stereocenters. The largest absolute Gasteiger partial charge is 0.358 e. The number of sulfonamides is 1. The van der Waals surface area contributed by atoms with Crippen LogP contribution < -0.4 is 4.72 Å². The van der Waals surface area contributed by atoms with E-state index >= 15 is 0 Å². The van der Waals surface area contributed by atoms with Crippen LogP contribution in [-0.2, 0) is 10.0 Å². The first-order valence-corrected chi connectivity index (χ1v) is 6.80. The van der Waals surface area contributed by atoms with Gasteiger partial charge in [0.2, 0.25) is 0 Å². The zero-order valence-electron chi connectivity index (χ0n) is 9.92. The minimum absolute atomic E-state index is 0.0790. The SMILES string of the molecule is N#Cc1ccc(NS(=O)(=O)c2c[nH]c(C=O)c2)c(F)c1. The normalized spacial score (nSPS) is 10.8. The van der Waals surface area contributed by atoms with Crippen molar-refractivity contribution in [3.05, 3.63) is 47.5 Å². The van der Waals surface area contributed by atoms with Crippen LogP contribution in [-0.4, -0.2) is 19.7 Å². The highest BCUT2D eigenvalue weighted by atomic mass is 32.2. The molecule has 0 saturated carbocycles. The second kappa shape index (κ2) is 5.14. The number of nitriles is 1. The number of aromatic nitrogens is 1. The van der Waals surface area contributed by atoms with Gasteiger partial charge in [-0.3, -0.25) is 9.52 Å². The summed E-state index contributed by atoms with van der Waals surface area (Å²) in [6.07, 6.45) is 1.58. The molecule has 0 bridgehead atoms. The third-order valence-electron chi connectivity index (χ3n) is 2.46. The predicted molar refractivity (Wildman–Crippen MR) is 68.1 cm³/mol. The van der Waals surface area contributed by atoms with Gasteiger partial charge in [-0.15, -0.1) is 0 Å². The fraction of sp³-hybridized carbons (Fsp3) is 0. The number of carbonyl (C=O) groups excluding carboxylic acids is 1. The number of anilines is 1. The van der Waals surface area contributed by atoms with Crippen molar-refractivity contribution in [3.63, 3.8) is 0 Å². The van der Waals surface area contributed by atoms with Crippen molar-refractivity contribution in [1.82, 2.24) is 4.98 Å². The van der Waals surface area contributed by atoms with Gasteiger partial charge in [0.25, 0.3) is 10.0 Å². The quantitative estimate of drug-likeness (QED) is 0.836. The monoisotopic (exact) mass is 293 g/mol. The van der Waals surface area contributed by atoms with Gasteiger partial charge in [-0.25, -0.2) is 12.8 Å². The molecule has 1 aromatic heterocycles. The van der Waals surface area contributed by atoms with E-state index in [2.05, 4.69) is 4.98 Å². The standard InChI is InChI=1S/C12H8FN3O3S/c13-11-3-8(5-14)1-2-12(11)16-20(18,19)10-4-9(7-17)15-6-10/h1-4,6-7,15-16H. The Kier molecular flexibility index (Phi) is 3.54. The number of benzene rings is 1. The Hall–Kier alpha value is -2.66. The van der Waals surface area contributed by atoms with Crippen molar-refractivity contribution >= 4 is 22.0 Å². The third-order valence-corrected chi connectivity index (χ3v) is 3.80. The number of aldehydes is 1. The average molecular weight is 293 g/mol. The van der Waals surface area contributed by atoms with Gasteiger partial charge in [-0.2, -0.15) is 5.26 Å². The molecule has 2 N–H and O–H groups in total. The van der Waals surface area contributed by atoms with Gasteiger partial charge in [0.05, 0.1) is 23.0 Å². The molecule has 1 aromatic carbocycles. The maximum Gasteiger partial charge on any atom is 0.263 e. The first kappa shape index (κ1) is 13.8. The molecule has 20 heavy (non-hydrogen) atoms. The summed E-state index contributed by atoms with van der Waals surface area (Å²) in [4.78, 5) is 12.8. The predicted octanol–water partition coefficient (Wildman–Crippen LogP) is 1.64. The van der Waals surface area contributed by atoms with E-state index in [0.29, 0.717) is 6.29 Å². The lowest BCUT2D eigenvalue weighted by Gasteiger charge is -2.07. The first-order valence-electron chi connectivity index (χ1n) is 5.32. The summed E-state index contributed by atoms with van der Waals surface area (Å²) in [5.74, 6) is -0.862. The lowest BCUT2D eigenvalue weighted by Crippen LogP contribution is -2.13. The van der Waals surface area contributed by atoms with E-state index in [4.69, 9.17) is 5.26 Å². The zero-order valence-corrected chi connectivity index (χ0v) is 10.7. The van der Waals surface area contributed by atoms with E-state index in [1.54, 1.807) is 6.07 Å². The van der Waals surface area contributed by atoms with Crippen molar-refractivity contribution in [3.8, 4) is 6.07 Å². The zero-order chi connectivity index (χ0) is 14.8. The maximum absolute atomic E-state index is 13.6. The number of aromatic amines is 1. The van der Waals surface area contributed by atoms with Crippen LogP contribution in [0.4, 0.5) is 10.1 Å². The van der Waals surface area contributed by atoms with Gasteiger partial charge in [0.15, 0.2) is 6.29 Å². The Labute approximate surface area is 113 Å². The maximum atomic E-state index is 13.6. The van der Waals surface area contributed by atoms with E-state index in [1.807, 2.05) is 4.72 Å². The van der Waals surface area contributed by atoms with E-state index < -0.39 is 15.8 Å². The van der Waals surface area contributed by atoms with Crippen molar-refractivity contribution in [2.45, 2.75) is 4.90 Å². The Balaban J connectivity index is 2.33. The molecular weight excluding hydrogens is 285 g/mol. The van der Waals surface area contributed by atoms with E-state index in [1.165, 1.54) is 6.07 Å². The van der Waals surface area contributed by atoms with Crippen molar-refractivity contribution in [1.29, 1.82) is 5.26 Å². The summed E-state index contributed by atoms with van der Waals surface area (Å²) < 4.78 is 39.6. The number of nitrogens with one attached hydrogen (secondary N) is 2. The lowest BCUT2D eigenvalue weighted by molar-refractivity contribution is 0.111. The van der Waals surface area contributed by atoms with Crippen LogP contribution in [0.25, 0.3) is 0 Å².